The number of nitrogens with zero attached hydrogens (tertiary/aromatic N) is 4. The topological polar surface area (TPSA) is 54.5 Å². The fraction of sp³-hybridized carbons (Fsp3) is 0.122. The van der Waals surface area contributed by atoms with Crippen molar-refractivity contribution in [2.45, 2.75) is 39.5 Å². The summed E-state index contributed by atoms with van der Waals surface area (Å²) in [5.41, 5.74) is 12.3. The summed E-state index contributed by atoms with van der Waals surface area (Å²) in [6, 6.07) is 57.1. The molecule has 0 N–H and O–H groups in total. The van der Waals surface area contributed by atoms with Crippen LogP contribution in [0.3, 0.4) is 0 Å². The summed E-state index contributed by atoms with van der Waals surface area (Å²) in [6.45, 7) is 9.16. The van der Waals surface area contributed by atoms with E-state index in [4.69, 9.17) is 4.98 Å². The second-order valence-electron chi connectivity index (χ2n) is 13.9. The minimum Gasteiger partial charge on any atom is -0.305 e. The SMILES string of the molecule is CC(C)c1cc(-c2ccccc2)cc(C(C)C)c1-n1c(-c2[c-]ccc3c2[te]c2cc(C#N)ccc23)nc2ccccc21.[Ir].[c-]1ccccc1-c1ccccn1. The molecule has 0 aliphatic heterocycles. The number of para-hydroxylation sites is 2. The summed E-state index contributed by atoms with van der Waals surface area (Å²) < 4.78 is 5.08. The van der Waals surface area contributed by atoms with Crippen molar-refractivity contribution in [1.82, 2.24) is 14.5 Å². The van der Waals surface area contributed by atoms with Crippen LogP contribution in [0.5, 0.6) is 0 Å². The van der Waals surface area contributed by atoms with Gasteiger partial charge in [0, 0.05) is 26.3 Å². The third kappa shape index (κ3) is 7.60. The Morgan fingerprint density at radius 2 is 1.42 bits per heavy atom. The third-order valence-corrected chi connectivity index (χ3v) is 13.1. The molecule has 55 heavy (non-hydrogen) atoms. The number of rotatable bonds is 6. The third-order valence-electron chi connectivity index (χ3n) is 9.74. The number of aromatic nitrogens is 3. The van der Waals surface area contributed by atoms with Crippen LogP contribution in [0.4, 0.5) is 0 Å². The molecule has 271 valence electrons. The molecule has 3 aromatic heterocycles. The number of nitriles is 1. The Balaban J connectivity index is 0.000000305. The van der Waals surface area contributed by atoms with Gasteiger partial charge in [0.05, 0.1) is 0 Å². The zero-order valence-corrected chi connectivity index (χ0v) is 35.8. The number of fused-ring (bicyclic) bond motifs is 4. The van der Waals surface area contributed by atoms with E-state index in [1.807, 2.05) is 54.6 Å². The van der Waals surface area contributed by atoms with Gasteiger partial charge in [0.1, 0.15) is 0 Å². The van der Waals surface area contributed by atoms with Crippen LogP contribution in [0.1, 0.15) is 56.2 Å². The fourth-order valence-electron chi connectivity index (χ4n) is 7.09. The first-order valence-electron chi connectivity index (χ1n) is 18.3. The molecule has 0 amide bonds. The van der Waals surface area contributed by atoms with Crippen molar-refractivity contribution in [2.24, 2.45) is 0 Å². The largest absolute Gasteiger partial charge is 0.305 e. The number of hydrogen-bond acceptors (Lipinski definition) is 3. The Morgan fingerprint density at radius 1 is 0.691 bits per heavy atom. The van der Waals surface area contributed by atoms with Crippen LogP contribution in [0.15, 0.2) is 146 Å². The van der Waals surface area contributed by atoms with Gasteiger partial charge in [-0.2, -0.15) is 0 Å². The second-order valence-corrected chi connectivity index (χ2v) is 17.0. The van der Waals surface area contributed by atoms with Crippen LogP contribution >= 0.6 is 0 Å². The van der Waals surface area contributed by atoms with Crippen LogP contribution in [0.25, 0.3) is 68.1 Å². The predicted octanol–water partition coefficient (Wildman–Crippen LogP) is 12.2. The standard InChI is InChI=1S/C38H30N3Te.C11H8N.Ir/c1-23(2)31-20-27(26-11-6-5-7-12-26)21-32(24(3)4)36(31)41-34-16-9-8-15-33(34)40-38(41)30-14-10-13-29-28-18-17-25(22-39)19-35(28)42-37(29)30;1-2-6-10(7-3-1)11-8-4-5-9-12-11;/h5-13,15-21,23-24H,1-4H3;1-6,8-9H;/q2*-1;. The molecule has 0 bridgehead atoms. The maximum absolute atomic E-state index is 9.54. The molecule has 9 rings (SSSR count). The van der Waals surface area contributed by atoms with E-state index in [0.717, 1.165) is 39.2 Å². The number of hydrogen-bond donors (Lipinski definition) is 0. The van der Waals surface area contributed by atoms with Crippen molar-refractivity contribution in [3.05, 3.63) is 175 Å². The van der Waals surface area contributed by atoms with E-state index in [-0.39, 0.29) is 20.1 Å². The summed E-state index contributed by atoms with van der Waals surface area (Å²) in [6.07, 6.45) is 1.79. The first-order chi connectivity index (χ1) is 26.4. The maximum atomic E-state index is 9.54. The Labute approximate surface area is 346 Å². The first kappa shape index (κ1) is 38.2. The average molecular weight is 1000 g/mol. The average Bonchev–Trinajstić information content (AvgIpc) is 3.80. The maximum Gasteiger partial charge on any atom is 0.0160 e. The zero-order chi connectivity index (χ0) is 37.2. The Kier molecular flexibility index (Phi) is 11.6. The smallest absolute Gasteiger partial charge is 0.0160 e. The van der Waals surface area contributed by atoms with Crippen molar-refractivity contribution in [1.29, 1.82) is 5.26 Å². The van der Waals surface area contributed by atoms with Crippen molar-refractivity contribution in [2.75, 3.05) is 0 Å². The van der Waals surface area contributed by atoms with E-state index in [2.05, 4.69) is 140 Å². The summed E-state index contributed by atoms with van der Waals surface area (Å²) >= 11 is -0.722. The molecule has 3 heterocycles. The normalized spacial score (nSPS) is 11.1. The van der Waals surface area contributed by atoms with Gasteiger partial charge in [-0.25, -0.2) is 0 Å². The van der Waals surface area contributed by atoms with Gasteiger partial charge in [-0.05, 0) is 11.8 Å². The number of pyridine rings is 1. The van der Waals surface area contributed by atoms with Crippen molar-refractivity contribution in [3.8, 4) is 45.5 Å². The van der Waals surface area contributed by atoms with Gasteiger partial charge in [-0.1, -0.05) is 12.1 Å². The van der Waals surface area contributed by atoms with Crippen molar-refractivity contribution in [3.63, 3.8) is 0 Å². The molecule has 4 nitrogen and oxygen atoms in total. The molecule has 0 fully saturated rings. The molecule has 0 aliphatic rings. The molecule has 0 atom stereocenters. The van der Waals surface area contributed by atoms with Gasteiger partial charge >= 0.3 is 257 Å². The van der Waals surface area contributed by atoms with E-state index in [1.165, 1.54) is 45.5 Å². The zero-order valence-electron chi connectivity index (χ0n) is 31.0. The summed E-state index contributed by atoms with van der Waals surface area (Å²) in [5.74, 6) is 1.56. The molecule has 0 saturated heterocycles. The minimum absolute atomic E-state index is 0. The summed E-state index contributed by atoms with van der Waals surface area (Å²) in [7, 11) is 0. The van der Waals surface area contributed by atoms with Gasteiger partial charge < -0.3 is 4.98 Å². The van der Waals surface area contributed by atoms with Gasteiger partial charge in [-0.3, -0.25) is 0 Å². The monoisotopic (exact) mass is 1010 g/mol. The first-order valence-corrected chi connectivity index (χ1v) is 20.6. The van der Waals surface area contributed by atoms with Crippen LogP contribution in [0, 0.1) is 23.5 Å². The number of benzene rings is 6. The van der Waals surface area contributed by atoms with Crippen molar-refractivity contribution >= 4 is 49.0 Å². The fourth-order valence-corrected chi connectivity index (χ4v) is 10.6. The molecule has 0 aliphatic carbocycles. The van der Waals surface area contributed by atoms with Crippen LogP contribution in [-0.4, -0.2) is 35.0 Å². The molecule has 6 heteroatoms. The van der Waals surface area contributed by atoms with E-state index in [0.29, 0.717) is 11.8 Å². The Hall–Kier alpha value is -5.13. The summed E-state index contributed by atoms with van der Waals surface area (Å²) in [4.78, 5) is 9.53. The molecular formula is C49H38IrN4Te-2. The van der Waals surface area contributed by atoms with Crippen LogP contribution in [0.2, 0.25) is 0 Å². The quantitative estimate of drug-likeness (QED) is 0.123. The van der Waals surface area contributed by atoms with Gasteiger partial charge in [0.15, 0.2) is 0 Å². The molecule has 0 spiro atoms. The minimum atomic E-state index is -0.722. The Morgan fingerprint density at radius 3 is 2.11 bits per heavy atom. The van der Waals surface area contributed by atoms with Gasteiger partial charge in [0.2, 0.25) is 0 Å². The summed E-state index contributed by atoms with van der Waals surface area (Å²) in [5, 5.41) is 12.1. The number of imidazole rings is 1. The molecule has 9 aromatic rings. The van der Waals surface area contributed by atoms with Crippen LogP contribution < -0.4 is 0 Å². The molecular weight excluding hydrogens is 964 g/mol. The van der Waals surface area contributed by atoms with E-state index < -0.39 is 20.4 Å². The predicted molar refractivity (Wildman–Crippen MR) is 224 cm³/mol. The Bertz CT molecular complexity index is 2710. The molecule has 1 radical (unpaired) electrons. The van der Waals surface area contributed by atoms with E-state index >= 15 is 0 Å². The molecule has 0 unspecified atom stereocenters. The van der Waals surface area contributed by atoms with Gasteiger partial charge in [-0.15, -0.1) is 35.9 Å². The molecule has 6 aromatic carbocycles. The van der Waals surface area contributed by atoms with Crippen molar-refractivity contribution < 1.29 is 20.1 Å². The second kappa shape index (κ2) is 16.7. The van der Waals surface area contributed by atoms with E-state index in [1.54, 1.807) is 6.20 Å². The van der Waals surface area contributed by atoms with Crippen LogP contribution in [-0.2, 0) is 20.1 Å². The molecule has 0 saturated carbocycles. The van der Waals surface area contributed by atoms with Gasteiger partial charge in [0.25, 0.3) is 0 Å². The van der Waals surface area contributed by atoms with E-state index in [9.17, 15) is 5.26 Å².